The van der Waals surface area contributed by atoms with Gasteiger partial charge in [0.15, 0.2) is 0 Å². The van der Waals surface area contributed by atoms with E-state index in [9.17, 15) is 4.39 Å². The third-order valence-electron chi connectivity index (χ3n) is 2.77. The average molecular weight is 249 g/mol. The summed E-state index contributed by atoms with van der Waals surface area (Å²) in [7, 11) is 0. The van der Waals surface area contributed by atoms with Gasteiger partial charge in [0.1, 0.15) is 5.82 Å². The molecule has 0 radical (unpaired) electrons. The molecule has 1 unspecified atom stereocenters. The highest BCUT2D eigenvalue weighted by Crippen LogP contribution is 2.23. The van der Waals surface area contributed by atoms with E-state index >= 15 is 0 Å². The highest BCUT2D eigenvalue weighted by atomic mass is 35.5. The molecule has 88 valence electrons. The smallest absolute Gasteiger partial charge is 0.126 e. The molecule has 0 saturated carbocycles. The standard InChI is InChI=1S/C15H14ClF/c1-11(16)13-7-8-15(17)14(10-13)9-12-5-3-2-4-6-12/h2-8,10-11H,9H2,1H3. The van der Waals surface area contributed by atoms with E-state index in [-0.39, 0.29) is 11.2 Å². The average Bonchev–Trinajstić information content (AvgIpc) is 2.33. The van der Waals surface area contributed by atoms with Crippen LogP contribution in [-0.4, -0.2) is 0 Å². The van der Waals surface area contributed by atoms with E-state index in [1.54, 1.807) is 6.07 Å². The van der Waals surface area contributed by atoms with Gasteiger partial charge in [0.25, 0.3) is 0 Å². The Balaban J connectivity index is 2.29. The lowest BCUT2D eigenvalue weighted by molar-refractivity contribution is 0.613. The maximum absolute atomic E-state index is 13.7. The highest BCUT2D eigenvalue weighted by Gasteiger charge is 2.07. The molecule has 0 bridgehead atoms. The van der Waals surface area contributed by atoms with E-state index in [0.29, 0.717) is 12.0 Å². The highest BCUT2D eigenvalue weighted by molar-refractivity contribution is 6.20. The molecule has 0 amide bonds. The summed E-state index contributed by atoms with van der Waals surface area (Å²) in [5, 5.41) is -0.0925. The number of rotatable bonds is 3. The molecule has 2 aromatic carbocycles. The van der Waals surface area contributed by atoms with Crippen molar-refractivity contribution in [3.63, 3.8) is 0 Å². The van der Waals surface area contributed by atoms with Gasteiger partial charge in [-0.15, -0.1) is 11.6 Å². The first-order chi connectivity index (χ1) is 8.16. The fourth-order valence-electron chi connectivity index (χ4n) is 1.79. The van der Waals surface area contributed by atoms with Crippen molar-refractivity contribution in [2.45, 2.75) is 18.7 Å². The van der Waals surface area contributed by atoms with Gasteiger partial charge >= 0.3 is 0 Å². The zero-order valence-electron chi connectivity index (χ0n) is 9.66. The van der Waals surface area contributed by atoms with Crippen molar-refractivity contribution in [1.82, 2.24) is 0 Å². The van der Waals surface area contributed by atoms with Gasteiger partial charge in [-0.05, 0) is 29.7 Å². The number of hydrogen-bond acceptors (Lipinski definition) is 0. The maximum Gasteiger partial charge on any atom is 0.126 e. The van der Waals surface area contributed by atoms with Gasteiger partial charge in [0.05, 0.1) is 5.38 Å². The predicted octanol–water partition coefficient (Wildman–Crippen LogP) is 4.72. The van der Waals surface area contributed by atoms with Crippen molar-refractivity contribution < 1.29 is 4.39 Å². The van der Waals surface area contributed by atoms with E-state index < -0.39 is 0 Å². The Morgan fingerprint density at radius 3 is 2.47 bits per heavy atom. The molecule has 0 aliphatic carbocycles. The van der Waals surface area contributed by atoms with Gasteiger partial charge < -0.3 is 0 Å². The monoisotopic (exact) mass is 248 g/mol. The molecular weight excluding hydrogens is 235 g/mol. The van der Waals surface area contributed by atoms with E-state index in [1.165, 1.54) is 6.07 Å². The van der Waals surface area contributed by atoms with E-state index in [4.69, 9.17) is 11.6 Å². The van der Waals surface area contributed by atoms with Crippen molar-refractivity contribution in [2.24, 2.45) is 0 Å². The van der Waals surface area contributed by atoms with Gasteiger partial charge in [-0.3, -0.25) is 0 Å². The van der Waals surface area contributed by atoms with Crippen LogP contribution in [0, 0.1) is 5.82 Å². The van der Waals surface area contributed by atoms with Crippen molar-refractivity contribution in [1.29, 1.82) is 0 Å². The van der Waals surface area contributed by atoms with Crippen LogP contribution in [0.4, 0.5) is 4.39 Å². The van der Waals surface area contributed by atoms with Crippen LogP contribution in [0.2, 0.25) is 0 Å². The van der Waals surface area contributed by atoms with Crippen LogP contribution < -0.4 is 0 Å². The number of halogens is 2. The van der Waals surface area contributed by atoms with Gasteiger partial charge in [-0.1, -0.05) is 42.5 Å². The van der Waals surface area contributed by atoms with Crippen LogP contribution >= 0.6 is 11.6 Å². The second kappa shape index (κ2) is 5.33. The summed E-state index contributed by atoms with van der Waals surface area (Å²) in [4.78, 5) is 0. The largest absolute Gasteiger partial charge is 0.207 e. The fourth-order valence-corrected chi connectivity index (χ4v) is 1.93. The predicted molar refractivity (Wildman–Crippen MR) is 69.9 cm³/mol. The molecule has 2 rings (SSSR count). The number of benzene rings is 2. The lowest BCUT2D eigenvalue weighted by atomic mass is 10.0. The van der Waals surface area contributed by atoms with E-state index in [2.05, 4.69) is 0 Å². The summed E-state index contributed by atoms with van der Waals surface area (Å²) in [6.07, 6.45) is 0.601. The molecular formula is C15H14ClF. The van der Waals surface area contributed by atoms with Crippen molar-refractivity contribution in [2.75, 3.05) is 0 Å². The second-order valence-corrected chi connectivity index (χ2v) is 4.78. The molecule has 0 fully saturated rings. The SMILES string of the molecule is CC(Cl)c1ccc(F)c(Cc2ccccc2)c1. The van der Waals surface area contributed by atoms with Crippen LogP contribution in [0.15, 0.2) is 48.5 Å². The summed E-state index contributed by atoms with van der Waals surface area (Å²) in [6.45, 7) is 1.89. The van der Waals surface area contributed by atoms with E-state index in [1.807, 2.05) is 43.3 Å². The third kappa shape index (κ3) is 3.07. The molecule has 17 heavy (non-hydrogen) atoms. The summed E-state index contributed by atoms with van der Waals surface area (Å²) in [6, 6.07) is 14.9. The van der Waals surface area contributed by atoms with Crippen LogP contribution in [0.3, 0.4) is 0 Å². The number of hydrogen-bond donors (Lipinski definition) is 0. The summed E-state index contributed by atoms with van der Waals surface area (Å²) in [5.74, 6) is -0.171. The van der Waals surface area contributed by atoms with Crippen LogP contribution in [0.5, 0.6) is 0 Å². The summed E-state index contributed by atoms with van der Waals surface area (Å²) < 4.78 is 13.7. The molecule has 0 aliphatic rings. The fraction of sp³-hybridized carbons (Fsp3) is 0.200. The molecule has 2 heteroatoms. The number of alkyl halides is 1. The van der Waals surface area contributed by atoms with Crippen LogP contribution in [0.25, 0.3) is 0 Å². The Hall–Kier alpha value is -1.34. The van der Waals surface area contributed by atoms with Gasteiger partial charge in [0.2, 0.25) is 0 Å². The minimum Gasteiger partial charge on any atom is -0.207 e. The summed E-state index contributed by atoms with van der Waals surface area (Å²) in [5.41, 5.74) is 2.76. The van der Waals surface area contributed by atoms with Gasteiger partial charge in [-0.25, -0.2) is 4.39 Å². The lowest BCUT2D eigenvalue weighted by Gasteiger charge is -2.08. The minimum atomic E-state index is -0.171. The molecule has 0 aliphatic heterocycles. The van der Waals surface area contributed by atoms with Gasteiger partial charge in [-0.2, -0.15) is 0 Å². The van der Waals surface area contributed by atoms with Crippen molar-refractivity contribution >= 4 is 11.6 Å². The lowest BCUT2D eigenvalue weighted by Crippen LogP contribution is -1.95. The molecule has 0 N–H and O–H groups in total. The van der Waals surface area contributed by atoms with Crippen molar-refractivity contribution in [3.05, 3.63) is 71.0 Å². The molecule has 1 atom stereocenters. The maximum atomic E-state index is 13.7. The van der Waals surface area contributed by atoms with Crippen molar-refractivity contribution in [3.8, 4) is 0 Å². The molecule has 2 aromatic rings. The Morgan fingerprint density at radius 2 is 1.82 bits per heavy atom. The molecule has 0 spiro atoms. The minimum absolute atomic E-state index is 0.0925. The van der Waals surface area contributed by atoms with Crippen LogP contribution in [-0.2, 0) is 6.42 Å². The normalized spacial score (nSPS) is 12.4. The first-order valence-corrected chi connectivity index (χ1v) is 6.07. The molecule has 0 heterocycles. The van der Waals surface area contributed by atoms with Gasteiger partial charge in [0, 0.05) is 6.42 Å². The zero-order valence-corrected chi connectivity index (χ0v) is 10.4. The summed E-state index contributed by atoms with van der Waals surface area (Å²) >= 11 is 6.01. The van der Waals surface area contributed by atoms with E-state index in [0.717, 1.165) is 11.1 Å². The first-order valence-electron chi connectivity index (χ1n) is 5.63. The second-order valence-electron chi connectivity index (χ2n) is 4.13. The first kappa shape index (κ1) is 12.1. The van der Waals surface area contributed by atoms with Crippen LogP contribution in [0.1, 0.15) is 29.0 Å². The molecule has 0 saturated heterocycles. The molecule has 0 nitrogen and oxygen atoms in total. The zero-order chi connectivity index (χ0) is 12.3. The third-order valence-corrected chi connectivity index (χ3v) is 3.02. The Morgan fingerprint density at radius 1 is 1.12 bits per heavy atom. The Labute approximate surface area is 106 Å². The topological polar surface area (TPSA) is 0 Å². The Bertz CT molecular complexity index is 492. The Kier molecular flexibility index (Phi) is 3.80. The molecule has 0 aromatic heterocycles. The quantitative estimate of drug-likeness (QED) is 0.690.